The van der Waals surface area contributed by atoms with E-state index in [1.165, 1.54) is 32.1 Å². The van der Waals surface area contributed by atoms with Gasteiger partial charge in [0.1, 0.15) is 0 Å². The predicted molar refractivity (Wildman–Crippen MR) is 66.8 cm³/mol. The minimum Gasteiger partial charge on any atom is -0.409 e. The largest absolute Gasteiger partial charge is 0.409 e. The molecule has 1 saturated carbocycles. The highest BCUT2D eigenvalue weighted by atomic mass is 16.4. The normalized spacial score (nSPS) is 21.4. The third-order valence-electron chi connectivity index (χ3n) is 3.40. The van der Waals surface area contributed by atoms with Crippen molar-refractivity contribution in [2.45, 2.75) is 57.9 Å². The highest BCUT2D eigenvalue weighted by molar-refractivity contribution is 6.01. The van der Waals surface area contributed by atoms with Crippen molar-refractivity contribution in [1.29, 1.82) is 0 Å². The zero-order valence-electron chi connectivity index (χ0n) is 10.5. The topological polar surface area (TPSA) is 87.7 Å². The molecule has 1 aliphatic carbocycles. The van der Waals surface area contributed by atoms with Crippen LogP contribution in [0.3, 0.4) is 0 Å². The summed E-state index contributed by atoms with van der Waals surface area (Å²) in [6.45, 7) is 1.65. The van der Waals surface area contributed by atoms with Crippen LogP contribution >= 0.6 is 0 Å². The molecule has 0 aliphatic heterocycles. The number of oxime groups is 1. The smallest absolute Gasteiger partial charge is 0.230 e. The Morgan fingerprint density at radius 2 is 1.82 bits per heavy atom. The van der Waals surface area contributed by atoms with E-state index in [0.29, 0.717) is 0 Å². The van der Waals surface area contributed by atoms with E-state index in [2.05, 4.69) is 10.5 Å². The number of hydrogen-bond acceptors (Lipinski definition) is 3. The first-order valence-electron chi connectivity index (χ1n) is 6.43. The second-order valence-corrected chi connectivity index (χ2v) is 4.80. The van der Waals surface area contributed by atoms with Crippen molar-refractivity contribution in [2.75, 3.05) is 0 Å². The third kappa shape index (κ3) is 4.63. The molecule has 17 heavy (non-hydrogen) atoms. The Morgan fingerprint density at radius 3 is 2.35 bits per heavy atom. The van der Waals surface area contributed by atoms with Gasteiger partial charge in [0.05, 0.1) is 5.92 Å². The van der Waals surface area contributed by atoms with Crippen LogP contribution < -0.4 is 11.1 Å². The second kappa shape index (κ2) is 7.14. The maximum absolute atomic E-state index is 11.8. The Kier molecular flexibility index (Phi) is 5.80. The molecule has 0 spiro atoms. The average Bonchev–Trinajstić information content (AvgIpc) is 2.30. The van der Waals surface area contributed by atoms with Crippen LogP contribution in [0.5, 0.6) is 0 Å². The van der Waals surface area contributed by atoms with Gasteiger partial charge in [-0.15, -0.1) is 0 Å². The molecule has 1 amide bonds. The number of nitrogens with one attached hydrogen (secondary N) is 1. The average molecular weight is 241 g/mol. The van der Waals surface area contributed by atoms with E-state index in [1.807, 2.05) is 0 Å². The van der Waals surface area contributed by atoms with Crippen LogP contribution in [0.2, 0.25) is 0 Å². The fourth-order valence-corrected chi connectivity index (χ4v) is 2.15. The van der Waals surface area contributed by atoms with Crippen LogP contribution in [0.15, 0.2) is 5.16 Å². The first-order chi connectivity index (χ1) is 8.15. The highest BCUT2D eigenvalue weighted by Crippen LogP contribution is 2.17. The van der Waals surface area contributed by atoms with E-state index in [4.69, 9.17) is 10.9 Å². The summed E-state index contributed by atoms with van der Waals surface area (Å²) in [5.41, 5.74) is 5.42. The van der Waals surface area contributed by atoms with E-state index in [0.717, 1.165) is 12.8 Å². The lowest BCUT2D eigenvalue weighted by atomic mass is 9.96. The number of nitrogens with zero attached hydrogens (tertiary/aromatic N) is 1. The zero-order valence-corrected chi connectivity index (χ0v) is 10.5. The SMILES string of the molecule is CC(C(=O)NC1CCCCCCC1)C(N)=NO. The Labute approximate surface area is 102 Å². The molecule has 0 aromatic carbocycles. The lowest BCUT2D eigenvalue weighted by molar-refractivity contribution is -0.123. The Bertz CT molecular complexity index is 271. The van der Waals surface area contributed by atoms with Gasteiger partial charge >= 0.3 is 0 Å². The van der Waals surface area contributed by atoms with Crippen molar-refractivity contribution in [1.82, 2.24) is 5.32 Å². The maximum Gasteiger partial charge on any atom is 0.230 e. The molecule has 0 bridgehead atoms. The van der Waals surface area contributed by atoms with E-state index >= 15 is 0 Å². The minimum absolute atomic E-state index is 0.0339. The standard InChI is InChI=1S/C12H23N3O2/c1-9(11(13)15-17)12(16)14-10-7-5-3-2-4-6-8-10/h9-10,17H,2-8H2,1H3,(H2,13,15)(H,14,16). The van der Waals surface area contributed by atoms with Gasteiger partial charge in [-0.25, -0.2) is 0 Å². The molecule has 0 aromatic heterocycles. The van der Waals surface area contributed by atoms with Crippen LogP contribution in [-0.2, 0) is 4.79 Å². The molecule has 4 N–H and O–H groups in total. The summed E-state index contributed by atoms with van der Waals surface area (Å²) in [4.78, 5) is 11.8. The van der Waals surface area contributed by atoms with Gasteiger partial charge in [0.2, 0.25) is 5.91 Å². The van der Waals surface area contributed by atoms with Crippen molar-refractivity contribution >= 4 is 11.7 Å². The quantitative estimate of drug-likeness (QED) is 0.303. The van der Waals surface area contributed by atoms with Gasteiger partial charge in [-0.1, -0.05) is 37.3 Å². The van der Waals surface area contributed by atoms with Crippen LogP contribution in [-0.4, -0.2) is 23.0 Å². The van der Waals surface area contributed by atoms with Crippen LogP contribution in [0.1, 0.15) is 51.9 Å². The summed E-state index contributed by atoms with van der Waals surface area (Å²) in [5.74, 6) is -0.746. The van der Waals surface area contributed by atoms with Crippen LogP contribution in [0.25, 0.3) is 0 Å². The maximum atomic E-state index is 11.8. The lowest BCUT2D eigenvalue weighted by Gasteiger charge is -2.22. The Hall–Kier alpha value is -1.26. The van der Waals surface area contributed by atoms with Gasteiger partial charge < -0.3 is 16.3 Å². The number of hydrogen-bond donors (Lipinski definition) is 3. The first kappa shape index (κ1) is 13.8. The summed E-state index contributed by atoms with van der Waals surface area (Å²) in [6, 6.07) is 0.247. The molecule has 0 aromatic rings. The lowest BCUT2D eigenvalue weighted by Crippen LogP contribution is -2.42. The van der Waals surface area contributed by atoms with E-state index < -0.39 is 5.92 Å². The third-order valence-corrected chi connectivity index (χ3v) is 3.40. The molecular weight excluding hydrogens is 218 g/mol. The monoisotopic (exact) mass is 241 g/mol. The second-order valence-electron chi connectivity index (χ2n) is 4.80. The van der Waals surface area contributed by atoms with Gasteiger partial charge in [-0.3, -0.25) is 4.79 Å². The molecule has 0 heterocycles. The van der Waals surface area contributed by atoms with Gasteiger partial charge in [0.25, 0.3) is 0 Å². The predicted octanol–water partition coefficient (Wildman–Crippen LogP) is 1.60. The van der Waals surface area contributed by atoms with Crippen molar-refractivity contribution in [3.8, 4) is 0 Å². The van der Waals surface area contributed by atoms with E-state index in [1.54, 1.807) is 6.92 Å². The summed E-state index contributed by atoms with van der Waals surface area (Å²) in [6.07, 6.45) is 8.22. The Morgan fingerprint density at radius 1 is 1.29 bits per heavy atom. The van der Waals surface area contributed by atoms with Crippen molar-refractivity contribution in [3.05, 3.63) is 0 Å². The summed E-state index contributed by atoms with van der Waals surface area (Å²) in [7, 11) is 0. The molecule has 0 radical (unpaired) electrons. The summed E-state index contributed by atoms with van der Waals surface area (Å²) >= 11 is 0. The van der Waals surface area contributed by atoms with E-state index in [-0.39, 0.29) is 17.8 Å². The minimum atomic E-state index is -0.564. The Balaban J connectivity index is 2.43. The van der Waals surface area contributed by atoms with Crippen LogP contribution in [0.4, 0.5) is 0 Å². The van der Waals surface area contributed by atoms with Crippen LogP contribution in [0, 0.1) is 5.92 Å². The van der Waals surface area contributed by atoms with Crippen molar-refractivity contribution in [3.63, 3.8) is 0 Å². The number of carbonyl (C=O) groups excluding carboxylic acids is 1. The van der Waals surface area contributed by atoms with E-state index in [9.17, 15) is 4.79 Å². The molecule has 0 saturated heterocycles. The number of nitrogens with two attached hydrogens (primary N) is 1. The summed E-state index contributed by atoms with van der Waals surface area (Å²) < 4.78 is 0. The molecule has 1 unspecified atom stereocenters. The fourth-order valence-electron chi connectivity index (χ4n) is 2.15. The molecule has 1 rings (SSSR count). The molecular formula is C12H23N3O2. The molecule has 5 heteroatoms. The van der Waals surface area contributed by atoms with Gasteiger partial charge in [-0.2, -0.15) is 0 Å². The number of carbonyl (C=O) groups is 1. The molecule has 1 aliphatic rings. The van der Waals surface area contributed by atoms with Crippen molar-refractivity contribution in [2.24, 2.45) is 16.8 Å². The molecule has 5 nitrogen and oxygen atoms in total. The fraction of sp³-hybridized carbons (Fsp3) is 0.833. The number of rotatable bonds is 3. The zero-order chi connectivity index (χ0) is 12.7. The molecule has 1 fully saturated rings. The van der Waals surface area contributed by atoms with Gasteiger partial charge in [0.15, 0.2) is 5.84 Å². The summed E-state index contributed by atoms with van der Waals surface area (Å²) in [5, 5.41) is 14.4. The first-order valence-corrected chi connectivity index (χ1v) is 6.43. The van der Waals surface area contributed by atoms with Gasteiger partial charge in [0, 0.05) is 6.04 Å². The van der Waals surface area contributed by atoms with Crippen molar-refractivity contribution < 1.29 is 10.0 Å². The molecule has 1 atom stereocenters. The highest BCUT2D eigenvalue weighted by Gasteiger charge is 2.21. The molecule has 98 valence electrons. The number of amides is 1. The number of amidine groups is 1. The van der Waals surface area contributed by atoms with Gasteiger partial charge in [-0.05, 0) is 19.8 Å².